The third kappa shape index (κ3) is 2.90. The first-order valence-corrected chi connectivity index (χ1v) is 7.06. The molecule has 2 N–H and O–H groups in total. The van der Waals surface area contributed by atoms with Crippen molar-refractivity contribution in [1.82, 2.24) is 10.2 Å². The molecule has 4 nitrogen and oxygen atoms in total. The van der Waals surface area contributed by atoms with E-state index in [-0.39, 0.29) is 11.9 Å². The van der Waals surface area contributed by atoms with Gasteiger partial charge in [0, 0.05) is 24.7 Å². The van der Waals surface area contributed by atoms with E-state index in [9.17, 15) is 9.90 Å². The quantitative estimate of drug-likeness (QED) is 0.701. The molecule has 0 saturated carbocycles. The van der Waals surface area contributed by atoms with Gasteiger partial charge in [0.05, 0.1) is 11.6 Å². The molecule has 2 heterocycles. The number of thioether (sulfide) groups is 1. The van der Waals surface area contributed by atoms with Crippen LogP contribution in [0.15, 0.2) is 0 Å². The molecule has 16 heavy (non-hydrogen) atoms. The van der Waals surface area contributed by atoms with Crippen molar-refractivity contribution >= 4 is 17.7 Å². The Morgan fingerprint density at radius 2 is 2.31 bits per heavy atom. The zero-order chi connectivity index (χ0) is 11.6. The summed E-state index contributed by atoms with van der Waals surface area (Å²) in [6.07, 6.45) is 2.39. The van der Waals surface area contributed by atoms with E-state index in [0.29, 0.717) is 13.0 Å². The van der Waals surface area contributed by atoms with Crippen LogP contribution in [0.2, 0.25) is 0 Å². The van der Waals surface area contributed by atoms with Crippen molar-refractivity contribution in [3.8, 4) is 0 Å². The van der Waals surface area contributed by atoms with Gasteiger partial charge in [-0.2, -0.15) is 0 Å². The number of likely N-dealkylation sites (tertiary alicyclic amines) is 1. The minimum atomic E-state index is -0.590. The van der Waals surface area contributed by atoms with E-state index in [1.807, 2.05) is 11.8 Å². The Bertz CT molecular complexity index is 265. The SMILES string of the molecule is CC1(O)CCCN(C(=O)C2CSCN2)CC1. The number of amides is 1. The maximum Gasteiger partial charge on any atom is 0.240 e. The van der Waals surface area contributed by atoms with Gasteiger partial charge < -0.3 is 10.0 Å². The van der Waals surface area contributed by atoms with Gasteiger partial charge in [0.25, 0.3) is 0 Å². The Labute approximate surface area is 101 Å². The maximum absolute atomic E-state index is 12.1. The van der Waals surface area contributed by atoms with Crippen LogP contribution in [0.5, 0.6) is 0 Å². The molecule has 5 heteroatoms. The molecule has 0 radical (unpaired) electrons. The molecule has 0 aromatic heterocycles. The highest BCUT2D eigenvalue weighted by molar-refractivity contribution is 7.99. The van der Waals surface area contributed by atoms with Gasteiger partial charge in [0.1, 0.15) is 0 Å². The summed E-state index contributed by atoms with van der Waals surface area (Å²) >= 11 is 1.77. The van der Waals surface area contributed by atoms with E-state index in [0.717, 1.165) is 31.0 Å². The summed E-state index contributed by atoms with van der Waals surface area (Å²) < 4.78 is 0. The van der Waals surface area contributed by atoms with Gasteiger partial charge in [0.15, 0.2) is 0 Å². The van der Waals surface area contributed by atoms with E-state index < -0.39 is 5.60 Å². The monoisotopic (exact) mass is 244 g/mol. The summed E-state index contributed by atoms with van der Waals surface area (Å²) in [5.74, 6) is 1.97. The molecule has 0 aliphatic carbocycles. The molecule has 2 fully saturated rings. The van der Waals surface area contributed by atoms with Crippen LogP contribution >= 0.6 is 11.8 Å². The van der Waals surface area contributed by atoms with Crippen LogP contribution in [-0.4, -0.2) is 52.3 Å². The average Bonchev–Trinajstić information content (AvgIpc) is 2.69. The average molecular weight is 244 g/mol. The van der Waals surface area contributed by atoms with Crippen LogP contribution in [-0.2, 0) is 4.79 Å². The Kier molecular flexibility index (Phi) is 3.77. The summed E-state index contributed by atoms with van der Waals surface area (Å²) in [5, 5.41) is 13.2. The predicted molar refractivity (Wildman–Crippen MR) is 65.3 cm³/mol. The lowest BCUT2D eigenvalue weighted by atomic mass is 9.98. The van der Waals surface area contributed by atoms with Gasteiger partial charge >= 0.3 is 0 Å². The minimum Gasteiger partial charge on any atom is -0.390 e. The Balaban J connectivity index is 1.91. The third-order valence-electron chi connectivity index (χ3n) is 3.39. The van der Waals surface area contributed by atoms with Crippen LogP contribution in [0, 0.1) is 0 Å². The lowest BCUT2D eigenvalue weighted by molar-refractivity contribution is -0.132. The number of carbonyl (C=O) groups is 1. The van der Waals surface area contributed by atoms with Gasteiger partial charge in [-0.05, 0) is 26.2 Å². The molecule has 2 unspecified atom stereocenters. The van der Waals surface area contributed by atoms with Crippen molar-refractivity contribution in [1.29, 1.82) is 0 Å². The summed E-state index contributed by atoms with van der Waals surface area (Å²) in [4.78, 5) is 14.0. The van der Waals surface area contributed by atoms with E-state index in [2.05, 4.69) is 5.32 Å². The number of carbonyl (C=O) groups excluding carboxylic acids is 1. The molecule has 2 aliphatic rings. The van der Waals surface area contributed by atoms with E-state index in [1.165, 1.54) is 0 Å². The summed E-state index contributed by atoms with van der Waals surface area (Å²) in [7, 11) is 0. The van der Waals surface area contributed by atoms with Crippen LogP contribution in [0.3, 0.4) is 0 Å². The fourth-order valence-corrected chi connectivity index (χ4v) is 3.19. The summed E-state index contributed by atoms with van der Waals surface area (Å²) in [6.45, 7) is 3.34. The van der Waals surface area contributed by atoms with Crippen molar-refractivity contribution in [3.63, 3.8) is 0 Å². The first-order valence-electron chi connectivity index (χ1n) is 5.91. The molecule has 0 spiro atoms. The molecule has 0 bridgehead atoms. The van der Waals surface area contributed by atoms with Gasteiger partial charge in [-0.1, -0.05) is 0 Å². The van der Waals surface area contributed by atoms with Gasteiger partial charge in [-0.25, -0.2) is 0 Å². The highest BCUT2D eigenvalue weighted by Crippen LogP contribution is 2.22. The topological polar surface area (TPSA) is 52.6 Å². The molecule has 92 valence electrons. The maximum atomic E-state index is 12.1. The molecule has 1 amide bonds. The van der Waals surface area contributed by atoms with E-state index >= 15 is 0 Å². The summed E-state index contributed by atoms with van der Waals surface area (Å²) in [6, 6.07) is -0.00644. The second kappa shape index (κ2) is 4.94. The second-order valence-corrected chi connectivity index (χ2v) is 5.98. The van der Waals surface area contributed by atoms with E-state index in [4.69, 9.17) is 0 Å². The number of aliphatic hydroxyl groups is 1. The molecule has 2 rings (SSSR count). The lowest BCUT2D eigenvalue weighted by Gasteiger charge is -2.24. The molecule has 2 saturated heterocycles. The van der Waals surface area contributed by atoms with Crippen molar-refractivity contribution < 1.29 is 9.90 Å². The fourth-order valence-electron chi connectivity index (χ4n) is 2.26. The lowest BCUT2D eigenvalue weighted by Crippen LogP contribution is -2.45. The largest absolute Gasteiger partial charge is 0.390 e. The molecule has 0 aromatic rings. The van der Waals surface area contributed by atoms with Crippen molar-refractivity contribution in [2.24, 2.45) is 0 Å². The highest BCUT2D eigenvalue weighted by atomic mass is 32.2. The number of hydrogen-bond donors (Lipinski definition) is 2. The second-order valence-electron chi connectivity index (χ2n) is 4.95. The molecular weight excluding hydrogens is 224 g/mol. The van der Waals surface area contributed by atoms with Crippen LogP contribution < -0.4 is 5.32 Å². The number of hydrogen-bond acceptors (Lipinski definition) is 4. The van der Waals surface area contributed by atoms with Crippen LogP contribution in [0.25, 0.3) is 0 Å². The van der Waals surface area contributed by atoms with E-state index in [1.54, 1.807) is 11.8 Å². The normalized spacial score (nSPS) is 36.1. The molecule has 2 aliphatic heterocycles. The predicted octanol–water partition coefficient (Wildman–Crippen LogP) is 0.412. The zero-order valence-corrected chi connectivity index (χ0v) is 10.6. The van der Waals surface area contributed by atoms with Crippen molar-refractivity contribution in [2.75, 3.05) is 24.7 Å². The number of nitrogens with one attached hydrogen (secondary N) is 1. The fraction of sp³-hybridized carbons (Fsp3) is 0.909. The van der Waals surface area contributed by atoms with Crippen molar-refractivity contribution in [3.05, 3.63) is 0 Å². The number of rotatable bonds is 1. The third-order valence-corrected chi connectivity index (χ3v) is 4.33. The van der Waals surface area contributed by atoms with Crippen LogP contribution in [0.1, 0.15) is 26.2 Å². The van der Waals surface area contributed by atoms with Gasteiger partial charge in [-0.15, -0.1) is 11.8 Å². The Morgan fingerprint density at radius 1 is 1.50 bits per heavy atom. The molecule has 0 aromatic carbocycles. The Morgan fingerprint density at radius 3 is 3.00 bits per heavy atom. The molecular formula is C11H20N2O2S. The standard InChI is InChI=1S/C11H20N2O2S/c1-11(15)3-2-5-13(6-4-11)10(14)9-7-16-8-12-9/h9,12,15H,2-8H2,1H3. The van der Waals surface area contributed by atoms with Gasteiger partial charge in [0.2, 0.25) is 5.91 Å². The van der Waals surface area contributed by atoms with Gasteiger partial charge in [-0.3, -0.25) is 10.1 Å². The number of nitrogens with zero attached hydrogens (tertiary/aromatic N) is 1. The summed E-state index contributed by atoms with van der Waals surface area (Å²) in [5.41, 5.74) is -0.590. The molecule has 2 atom stereocenters. The Hall–Kier alpha value is -0.260. The van der Waals surface area contributed by atoms with Crippen molar-refractivity contribution in [2.45, 2.75) is 37.8 Å². The first kappa shape index (κ1) is 12.2. The minimum absolute atomic E-state index is 0.00644. The smallest absolute Gasteiger partial charge is 0.240 e. The van der Waals surface area contributed by atoms with Crippen LogP contribution in [0.4, 0.5) is 0 Å². The zero-order valence-electron chi connectivity index (χ0n) is 9.74. The first-order chi connectivity index (χ1) is 7.58. The highest BCUT2D eigenvalue weighted by Gasteiger charge is 2.31.